The van der Waals surface area contributed by atoms with E-state index in [1.165, 1.54) is 0 Å². The van der Waals surface area contributed by atoms with Crippen molar-refractivity contribution in [2.24, 2.45) is 10.9 Å². The third kappa shape index (κ3) is 7.66. The number of hydrogen-bond donors (Lipinski definition) is 3. The third-order valence-electron chi connectivity index (χ3n) is 2.72. The molecule has 0 unspecified atom stereocenters. The van der Waals surface area contributed by atoms with Crippen LogP contribution in [0.25, 0.3) is 0 Å². The molecule has 0 saturated heterocycles. The molecule has 1 fully saturated rings. The lowest BCUT2D eigenvalue weighted by molar-refractivity contribution is -0.122. The van der Waals surface area contributed by atoms with Crippen molar-refractivity contribution in [3.8, 4) is 0 Å². The van der Waals surface area contributed by atoms with Gasteiger partial charge in [-0.1, -0.05) is 0 Å². The summed E-state index contributed by atoms with van der Waals surface area (Å²) in [7, 11) is 0. The number of carbonyl (C=O) groups is 1. The second kappa shape index (κ2) is 9.61. The van der Waals surface area contributed by atoms with Gasteiger partial charge < -0.3 is 20.7 Å². The summed E-state index contributed by atoms with van der Waals surface area (Å²) in [5.74, 6) is 1.22. The van der Waals surface area contributed by atoms with Crippen molar-refractivity contribution in [2.75, 3.05) is 39.4 Å². The van der Waals surface area contributed by atoms with Crippen molar-refractivity contribution in [1.29, 1.82) is 0 Å². The van der Waals surface area contributed by atoms with Gasteiger partial charge in [0.2, 0.25) is 5.91 Å². The predicted molar refractivity (Wildman–Crippen MR) is 76.2 cm³/mol. The second-order valence-electron chi connectivity index (χ2n) is 4.45. The Morgan fingerprint density at radius 2 is 1.95 bits per heavy atom. The first-order chi connectivity index (χ1) is 9.27. The second-order valence-corrected chi connectivity index (χ2v) is 4.45. The van der Waals surface area contributed by atoms with Gasteiger partial charge in [-0.3, -0.25) is 9.79 Å². The number of hydrogen-bond acceptors (Lipinski definition) is 3. The summed E-state index contributed by atoms with van der Waals surface area (Å²) in [6.45, 7) is 8.10. The third-order valence-corrected chi connectivity index (χ3v) is 2.72. The normalized spacial score (nSPS) is 15.2. The molecule has 6 nitrogen and oxygen atoms in total. The van der Waals surface area contributed by atoms with Crippen LogP contribution in [0.5, 0.6) is 0 Å². The zero-order chi connectivity index (χ0) is 13.9. The summed E-state index contributed by atoms with van der Waals surface area (Å²) < 4.78 is 5.23. The molecule has 19 heavy (non-hydrogen) atoms. The summed E-state index contributed by atoms with van der Waals surface area (Å²) in [4.78, 5) is 15.8. The lowest BCUT2D eigenvalue weighted by Crippen LogP contribution is -2.42. The number of aliphatic imine (C=N–C) groups is 1. The Hall–Kier alpha value is -1.30. The van der Waals surface area contributed by atoms with Gasteiger partial charge in [0, 0.05) is 32.2 Å². The maximum atomic E-state index is 11.4. The lowest BCUT2D eigenvalue weighted by Gasteiger charge is -2.11. The number of nitrogens with one attached hydrogen (secondary N) is 3. The molecule has 0 aromatic rings. The number of ether oxygens (including phenoxy) is 1. The fourth-order valence-electron chi connectivity index (χ4n) is 1.56. The zero-order valence-electron chi connectivity index (χ0n) is 12.0. The highest BCUT2D eigenvalue weighted by Crippen LogP contribution is 2.28. The van der Waals surface area contributed by atoms with Gasteiger partial charge in [0.15, 0.2) is 5.96 Å². The number of nitrogens with zero attached hydrogens (tertiary/aromatic N) is 1. The fourth-order valence-corrected chi connectivity index (χ4v) is 1.56. The van der Waals surface area contributed by atoms with E-state index in [0.717, 1.165) is 25.3 Å². The van der Waals surface area contributed by atoms with E-state index in [4.69, 9.17) is 4.74 Å². The van der Waals surface area contributed by atoms with Gasteiger partial charge in [-0.05, 0) is 26.7 Å². The lowest BCUT2D eigenvalue weighted by atomic mass is 10.4. The van der Waals surface area contributed by atoms with Crippen molar-refractivity contribution >= 4 is 11.9 Å². The first-order valence-corrected chi connectivity index (χ1v) is 7.15. The average molecular weight is 270 g/mol. The molecule has 0 heterocycles. The van der Waals surface area contributed by atoms with Crippen molar-refractivity contribution in [2.45, 2.75) is 26.7 Å². The van der Waals surface area contributed by atoms with Crippen molar-refractivity contribution in [1.82, 2.24) is 16.0 Å². The van der Waals surface area contributed by atoms with Gasteiger partial charge in [0.05, 0.1) is 13.2 Å². The predicted octanol–water partition coefficient (Wildman–Crippen LogP) is 0.104. The molecule has 0 atom stereocenters. The Morgan fingerprint density at radius 3 is 2.58 bits per heavy atom. The largest absolute Gasteiger partial charge is 0.380 e. The molecular formula is C13H26N4O2. The zero-order valence-corrected chi connectivity index (χ0v) is 12.0. The van der Waals surface area contributed by atoms with Crippen molar-refractivity contribution in [3.63, 3.8) is 0 Å². The average Bonchev–Trinajstić information content (AvgIpc) is 3.23. The SMILES string of the molecule is CCNC(=NCCOCC)NCCNC(=O)C1CC1. The Balaban J connectivity index is 2.11. The van der Waals surface area contributed by atoms with Crippen LogP contribution in [0.3, 0.4) is 0 Å². The molecule has 6 heteroatoms. The Bertz CT molecular complexity index is 290. The summed E-state index contributed by atoms with van der Waals surface area (Å²) in [6, 6.07) is 0. The Labute approximate surface area is 115 Å². The summed E-state index contributed by atoms with van der Waals surface area (Å²) in [5, 5.41) is 9.24. The van der Waals surface area contributed by atoms with Crippen molar-refractivity contribution < 1.29 is 9.53 Å². The highest BCUT2D eigenvalue weighted by Gasteiger charge is 2.28. The maximum Gasteiger partial charge on any atom is 0.223 e. The summed E-state index contributed by atoms with van der Waals surface area (Å²) in [6.07, 6.45) is 2.08. The van der Waals surface area contributed by atoms with Crippen LogP contribution in [0.15, 0.2) is 4.99 Å². The fraction of sp³-hybridized carbons (Fsp3) is 0.846. The van der Waals surface area contributed by atoms with Crippen LogP contribution < -0.4 is 16.0 Å². The van der Waals surface area contributed by atoms with E-state index in [-0.39, 0.29) is 11.8 Å². The molecule has 0 spiro atoms. The van der Waals surface area contributed by atoms with Gasteiger partial charge in [0.1, 0.15) is 0 Å². The number of amides is 1. The van der Waals surface area contributed by atoms with Gasteiger partial charge in [-0.25, -0.2) is 0 Å². The van der Waals surface area contributed by atoms with Crippen LogP contribution >= 0.6 is 0 Å². The highest BCUT2D eigenvalue weighted by molar-refractivity contribution is 5.81. The molecule has 0 radical (unpaired) electrons. The van der Waals surface area contributed by atoms with Crippen LogP contribution in [-0.4, -0.2) is 51.3 Å². The molecule has 0 bridgehead atoms. The Morgan fingerprint density at radius 1 is 1.21 bits per heavy atom. The Kier molecular flexibility index (Phi) is 7.97. The van der Waals surface area contributed by atoms with Crippen molar-refractivity contribution in [3.05, 3.63) is 0 Å². The number of carbonyl (C=O) groups excluding carboxylic acids is 1. The van der Waals surface area contributed by atoms with Crippen LogP contribution in [0, 0.1) is 5.92 Å². The minimum atomic E-state index is 0.181. The standard InChI is InChI=1S/C13H26N4O2/c1-3-14-13(17-9-10-19-4-2)16-8-7-15-12(18)11-5-6-11/h11H,3-10H2,1-2H3,(H,15,18)(H2,14,16,17). The highest BCUT2D eigenvalue weighted by atomic mass is 16.5. The molecule has 3 N–H and O–H groups in total. The van der Waals surface area contributed by atoms with E-state index in [0.29, 0.717) is 32.8 Å². The minimum Gasteiger partial charge on any atom is -0.380 e. The summed E-state index contributed by atoms with van der Waals surface area (Å²) >= 11 is 0. The first-order valence-electron chi connectivity index (χ1n) is 7.15. The molecule has 1 aliphatic rings. The van der Waals surface area contributed by atoms with Crippen LogP contribution in [0.2, 0.25) is 0 Å². The van der Waals surface area contributed by atoms with E-state index < -0.39 is 0 Å². The first kappa shape index (κ1) is 15.8. The number of rotatable bonds is 9. The van der Waals surface area contributed by atoms with Crippen LogP contribution in [0.4, 0.5) is 0 Å². The molecule has 1 aliphatic carbocycles. The van der Waals surface area contributed by atoms with E-state index in [9.17, 15) is 4.79 Å². The smallest absolute Gasteiger partial charge is 0.223 e. The summed E-state index contributed by atoms with van der Waals surface area (Å²) in [5.41, 5.74) is 0. The molecule has 0 aliphatic heterocycles. The van der Waals surface area contributed by atoms with E-state index in [1.54, 1.807) is 0 Å². The maximum absolute atomic E-state index is 11.4. The van der Waals surface area contributed by atoms with E-state index in [1.807, 2.05) is 13.8 Å². The van der Waals surface area contributed by atoms with Gasteiger partial charge >= 0.3 is 0 Å². The number of guanidine groups is 1. The molecule has 1 saturated carbocycles. The molecule has 1 rings (SSSR count). The van der Waals surface area contributed by atoms with Gasteiger partial charge in [-0.15, -0.1) is 0 Å². The molecule has 110 valence electrons. The molecule has 0 aromatic carbocycles. The quantitative estimate of drug-likeness (QED) is 0.316. The van der Waals surface area contributed by atoms with Gasteiger partial charge in [0.25, 0.3) is 0 Å². The van der Waals surface area contributed by atoms with E-state index >= 15 is 0 Å². The van der Waals surface area contributed by atoms with Crippen LogP contribution in [-0.2, 0) is 9.53 Å². The van der Waals surface area contributed by atoms with Crippen LogP contribution in [0.1, 0.15) is 26.7 Å². The minimum absolute atomic E-state index is 0.181. The molecule has 0 aromatic heterocycles. The monoisotopic (exact) mass is 270 g/mol. The van der Waals surface area contributed by atoms with E-state index in [2.05, 4.69) is 20.9 Å². The molecule has 1 amide bonds. The van der Waals surface area contributed by atoms with Gasteiger partial charge in [-0.2, -0.15) is 0 Å². The molecular weight excluding hydrogens is 244 g/mol. The topological polar surface area (TPSA) is 74.8 Å².